The molecule has 0 fully saturated rings. The van der Waals surface area contributed by atoms with Crippen molar-refractivity contribution in [1.82, 2.24) is 15.6 Å². The standard InChI is InChI=1S/C26H29FN4O3/c1-15(2)23(24(28)33)30-25(34)26(31-22(32)13-16-6-5-7-17(27)12-16)11-10-21-19(14-26)18-8-3-4-9-20(18)29-21/h3-9,12,15,23,29H,10-11,13-14H2,1-2H3,(H2,28,33)(H,30,34)(H,31,32)/t23-,26+/m0/s1. The first-order valence-corrected chi connectivity index (χ1v) is 11.4. The predicted molar refractivity (Wildman–Crippen MR) is 127 cm³/mol. The highest BCUT2D eigenvalue weighted by Gasteiger charge is 2.45. The van der Waals surface area contributed by atoms with E-state index in [0.717, 1.165) is 22.2 Å². The normalized spacial score (nSPS) is 18.4. The molecule has 178 valence electrons. The maximum absolute atomic E-state index is 13.6. The van der Waals surface area contributed by atoms with Gasteiger partial charge < -0.3 is 21.4 Å². The van der Waals surface area contributed by atoms with E-state index in [1.807, 2.05) is 24.3 Å². The second-order valence-corrected chi connectivity index (χ2v) is 9.34. The van der Waals surface area contributed by atoms with Crippen molar-refractivity contribution in [2.75, 3.05) is 0 Å². The van der Waals surface area contributed by atoms with Crippen molar-refractivity contribution < 1.29 is 18.8 Å². The molecule has 5 N–H and O–H groups in total. The lowest BCUT2D eigenvalue weighted by atomic mass is 9.78. The lowest BCUT2D eigenvalue weighted by molar-refractivity contribution is -0.136. The van der Waals surface area contributed by atoms with E-state index in [0.29, 0.717) is 18.4 Å². The van der Waals surface area contributed by atoms with Crippen LogP contribution in [0.4, 0.5) is 4.39 Å². The average Bonchev–Trinajstić information content (AvgIpc) is 3.14. The van der Waals surface area contributed by atoms with Crippen LogP contribution in [0.25, 0.3) is 10.9 Å². The summed E-state index contributed by atoms with van der Waals surface area (Å²) in [5, 5.41) is 6.71. The van der Waals surface area contributed by atoms with Crippen molar-refractivity contribution in [3.05, 3.63) is 71.2 Å². The quantitative estimate of drug-likeness (QED) is 0.430. The zero-order chi connectivity index (χ0) is 24.5. The Kier molecular flexibility index (Phi) is 6.41. The molecule has 4 rings (SSSR count). The topological polar surface area (TPSA) is 117 Å². The Morgan fingerprint density at radius 3 is 2.62 bits per heavy atom. The van der Waals surface area contributed by atoms with Crippen molar-refractivity contribution in [1.29, 1.82) is 0 Å². The third-order valence-corrected chi connectivity index (χ3v) is 6.51. The molecule has 1 aliphatic rings. The molecule has 0 unspecified atom stereocenters. The maximum atomic E-state index is 13.6. The molecule has 7 nitrogen and oxygen atoms in total. The highest BCUT2D eigenvalue weighted by Crippen LogP contribution is 2.34. The van der Waals surface area contributed by atoms with Crippen LogP contribution < -0.4 is 16.4 Å². The Hall–Kier alpha value is -3.68. The van der Waals surface area contributed by atoms with Crippen molar-refractivity contribution in [2.45, 2.75) is 51.1 Å². The van der Waals surface area contributed by atoms with E-state index < -0.39 is 35.1 Å². The van der Waals surface area contributed by atoms with Crippen LogP contribution in [0.5, 0.6) is 0 Å². The Bertz CT molecular complexity index is 1250. The number of aryl methyl sites for hydroxylation is 1. The number of primary amides is 1. The molecule has 1 heterocycles. The number of hydrogen-bond acceptors (Lipinski definition) is 3. The van der Waals surface area contributed by atoms with Crippen molar-refractivity contribution >= 4 is 28.6 Å². The Morgan fingerprint density at radius 2 is 1.91 bits per heavy atom. The summed E-state index contributed by atoms with van der Waals surface area (Å²) in [5.41, 5.74) is 7.72. The van der Waals surface area contributed by atoms with Gasteiger partial charge in [0.15, 0.2) is 0 Å². The number of aromatic nitrogens is 1. The summed E-state index contributed by atoms with van der Waals surface area (Å²) in [4.78, 5) is 42.1. The molecule has 1 aromatic heterocycles. The zero-order valence-corrected chi connectivity index (χ0v) is 19.3. The third-order valence-electron chi connectivity index (χ3n) is 6.51. The number of nitrogens with two attached hydrogens (primary N) is 1. The number of benzene rings is 2. The van der Waals surface area contributed by atoms with Gasteiger partial charge in [-0.3, -0.25) is 14.4 Å². The molecular weight excluding hydrogens is 435 g/mol. The molecule has 0 spiro atoms. The fourth-order valence-electron chi connectivity index (χ4n) is 4.75. The van der Waals surface area contributed by atoms with E-state index in [1.165, 1.54) is 12.1 Å². The highest BCUT2D eigenvalue weighted by atomic mass is 19.1. The number of rotatable bonds is 7. The van der Waals surface area contributed by atoms with Crippen molar-refractivity contribution in [3.63, 3.8) is 0 Å². The van der Waals surface area contributed by atoms with Crippen LogP contribution >= 0.6 is 0 Å². The molecule has 34 heavy (non-hydrogen) atoms. The van der Waals surface area contributed by atoms with E-state index >= 15 is 0 Å². The molecule has 3 amide bonds. The molecule has 2 aromatic carbocycles. The number of fused-ring (bicyclic) bond motifs is 3. The van der Waals surface area contributed by atoms with E-state index in [2.05, 4.69) is 15.6 Å². The monoisotopic (exact) mass is 464 g/mol. The van der Waals surface area contributed by atoms with E-state index in [-0.39, 0.29) is 18.8 Å². The number of para-hydroxylation sites is 1. The van der Waals surface area contributed by atoms with E-state index in [4.69, 9.17) is 5.73 Å². The van der Waals surface area contributed by atoms with Gasteiger partial charge in [0.25, 0.3) is 0 Å². The van der Waals surface area contributed by atoms with E-state index in [9.17, 15) is 18.8 Å². The van der Waals surface area contributed by atoms with Gasteiger partial charge in [-0.2, -0.15) is 0 Å². The van der Waals surface area contributed by atoms with Crippen LogP contribution in [0.1, 0.15) is 37.1 Å². The minimum atomic E-state index is -1.27. The SMILES string of the molecule is CC(C)[C@H](NC(=O)[C@@]1(NC(=O)Cc2cccc(F)c2)CCc2[nH]c3ccccc3c2C1)C(N)=O. The second-order valence-electron chi connectivity index (χ2n) is 9.34. The minimum Gasteiger partial charge on any atom is -0.368 e. The van der Waals surface area contributed by atoms with Gasteiger partial charge in [-0.1, -0.05) is 44.2 Å². The lowest BCUT2D eigenvalue weighted by Gasteiger charge is -2.38. The molecule has 3 aromatic rings. The number of nitrogens with one attached hydrogen (secondary N) is 3. The van der Waals surface area contributed by atoms with Gasteiger partial charge >= 0.3 is 0 Å². The van der Waals surface area contributed by atoms with Gasteiger partial charge in [0, 0.05) is 23.0 Å². The van der Waals surface area contributed by atoms with E-state index in [1.54, 1.807) is 26.0 Å². The van der Waals surface area contributed by atoms with Crippen LogP contribution in [-0.4, -0.2) is 34.3 Å². The number of hydrogen-bond donors (Lipinski definition) is 4. The number of halogens is 1. The predicted octanol–water partition coefficient (Wildman–Crippen LogP) is 2.52. The average molecular weight is 465 g/mol. The molecule has 0 radical (unpaired) electrons. The van der Waals surface area contributed by atoms with Gasteiger partial charge in [0.1, 0.15) is 17.4 Å². The van der Waals surface area contributed by atoms with Gasteiger partial charge in [0.05, 0.1) is 6.42 Å². The number of H-pyrrole nitrogens is 1. The van der Waals surface area contributed by atoms with Crippen LogP contribution in [0.2, 0.25) is 0 Å². The minimum absolute atomic E-state index is 0.0725. The smallest absolute Gasteiger partial charge is 0.246 e. The lowest BCUT2D eigenvalue weighted by Crippen LogP contribution is -2.64. The molecule has 0 bridgehead atoms. The molecule has 0 aliphatic heterocycles. The Morgan fingerprint density at radius 1 is 1.15 bits per heavy atom. The van der Waals surface area contributed by atoms with Gasteiger partial charge in [-0.15, -0.1) is 0 Å². The summed E-state index contributed by atoms with van der Waals surface area (Å²) in [6.45, 7) is 3.59. The summed E-state index contributed by atoms with van der Waals surface area (Å²) >= 11 is 0. The third kappa shape index (κ3) is 4.66. The van der Waals surface area contributed by atoms with Crippen molar-refractivity contribution in [3.8, 4) is 0 Å². The number of carbonyl (C=O) groups is 3. The first kappa shape index (κ1) is 23.5. The van der Waals surface area contributed by atoms with Crippen LogP contribution in [-0.2, 0) is 33.6 Å². The molecule has 1 aliphatic carbocycles. The first-order valence-electron chi connectivity index (χ1n) is 11.4. The summed E-state index contributed by atoms with van der Waals surface area (Å²) < 4.78 is 13.6. The Labute approximate surface area is 197 Å². The molecule has 2 atom stereocenters. The maximum Gasteiger partial charge on any atom is 0.246 e. The summed E-state index contributed by atoms with van der Waals surface area (Å²) in [7, 11) is 0. The fraction of sp³-hybridized carbons (Fsp3) is 0.346. The molecule has 0 saturated heterocycles. The highest BCUT2D eigenvalue weighted by molar-refractivity contribution is 5.96. The second kappa shape index (κ2) is 9.29. The summed E-state index contributed by atoms with van der Waals surface area (Å²) in [6.07, 6.45) is 1.07. The molecule has 0 saturated carbocycles. The van der Waals surface area contributed by atoms with Crippen molar-refractivity contribution in [2.24, 2.45) is 11.7 Å². The molecular formula is C26H29FN4O3. The largest absolute Gasteiger partial charge is 0.368 e. The number of carbonyl (C=O) groups excluding carboxylic acids is 3. The molecule has 8 heteroatoms. The van der Waals surface area contributed by atoms with Crippen LogP contribution in [0.3, 0.4) is 0 Å². The Balaban J connectivity index is 1.67. The first-order chi connectivity index (χ1) is 16.2. The number of aromatic amines is 1. The zero-order valence-electron chi connectivity index (χ0n) is 19.3. The number of amides is 3. The summed E-state index contributed by atoms with van der Waals surface area (Å²) in [5.74, 6) is -2.13. The summed E-state index contributed by atoms with van der Waals surface area (Å²) in [6, 6.07) is 12.8. The fourth-order valence-corrected chi connectivity index (χ4v) is 4.75. The van der Waals surface area contributed by atoms with Crippen LogP contribution in [0.15, 0.2) is 48.5 Å². The van der Waals surface area contributed by atoms with Crippen LogP contribution in [0, 0.1) is 11.7 Å². The van der Waals surface area contributed by atoms with Gasteiger partial charge in [-0.25, -0.2) is 4.39 Å². The van der Waals surface area contributed by atoms with Gasteiger partial charge in [-0.05, 0) is 48.1 Å². The van der Waals surface area contributed by atoms with Gasteiger partial charge in [0.2, 0.25) is 17.7 Å².